The Hall–Kier alpha value is -4.52. The molecule has 8 atom stereocenters. The van der Waals surface area contributed by atoms with Gasteiger partial charge >= 0.3 is 6.03 Å². The number of carbonyl (C=O) groups is 2. The Labute approximate surface area is 358 Å². The fourth-order valence-corrected chi connectivity index (χ4v) is 12.0. The Balaban J connectivity index is 1.19. The number of allylic oxidation sites excluding steroid dienone is 2. The van der Waals surface area contributed by atoms with E-state index in [9.17, 15) is 15.0 Å². The van der Waals surface area contributed by atoms with E-state index in [1.54, 1.807) is 0 Å². The van der Waals surface area contributed by atoms with Crippen molar-refractivity contribution in [3.8, 4) is 11.1 Å². The second-order valence-corrected chi connectivity index (χ2v) is 19.8. The van der Waals surface area contributed by atoms with Crippen molar-refractivity contribution >= 4 is 11.8 Å². The SMILES string of the molecule is CC1=CCCC2(C)C(CCC2(O)CN(CC2CCC3CC2C3(C)C)C(=O)NC(C)c2ccccc2)c2ccc(cc2C(=O)c2ccccc2-c2ccccc2)CC(O)CC1. The quantitative estimate of drug-likeness (QED) is 0.116. The Morgan fingerprint density at radius 1 is 0.850 bits per heavy atom. The first-order valence-electron chi connectivity index (χ1n) is 22.8. The number of nitrogens with zero attached hydrogens (tertiary/aromatic N) is 1. The molecule has 10 rings (SSSR count). The molecule has 0 aromatic heterocycles. The minimum atomic E-state index is -1.22. The Morgan fingerprint density at radius 3 is 2.30 bits per heavy atom. The summed E-state index contributed by atoms with van der Waals surface area (Å²) in [6.07, 6.45) is 9.83. The van der Waals surface area contributed by atoms with Crippen molar-refractivity contribution in [2.24, 2.45) is 28.6 Å². The predicted molar refractivity (Wildman–Crippen MR) is 242 cm³/mol. The summed E-state index contributed by atoms with van der Waals surface area (Å²) in [6.45, 7) is 12.1. The topological polar surface area (TPSA) is 89.9 Å². The zero-order valence-corrected chi connectivity index (χ0v) is 36.5. The number of hydrogen-bond acceptors (Lipinski definition) is 4. The lowest BCUT2D eigenvalue weighted by Crippen LogP contribution is -2.59. The number of aliphatic hydroxyl groups excluding tert-OH is 1. The fraction of sp³-hybridized carbons (Fsp3) is 0.481. The maximum atomic E-state index is 15.2. The zero-order valence-electron chi connectivity index (χ0n) is 36.5. The molecule has 6 aliphatic rings. The predicted octanol–water partition coefficient (Wildman–Crippen LogP) is 11.5. The highest BCUT2D eigenvalue weighted by Gasteiger charge is 2.59. The number of fused-ring (bicyclic) bond motifs is 10. The van der Waals surface area contributed by atoms with Crippen LogP contribution < -0.4 is 5.32 Å². The number of amides is 2. The number of hydrogen-bond donors (Lipinski definition) is 3. The lowest BCUT2D eigenvalue weighted by molar-refractivity contribution is -0.118. The number of aliphatic hydroxyl groups is 2. The molecule has 2 amide bonds. The van der Waals surface area contributed by atoms with Crippen molar-refractivity contribution in [1.82, 2.24) is 10.2 Å². The van der Waals surface area contributed by atoms with Crippen molar-refractivity contribution in [2.45, 2.75) is 122 Å². The van der Waals surface area contributed by atoms with Crippen LogP contribution in [-0.2, 0) is 6.42 Å². The molecule has 316 valence electrons. The number of urea groups is 1. The smallest absolute Gasteiger partial charge is 0.317 e. The Kier molecular flexibility index (Phi) is 12.0. The van der Waals surface area contributed by atoms with Gasteiger partial charge in [-0.2, -0.15) is 0 Å². The van der Waals surface area contributed by atoms with Crippen LogP contribution >= 0.6 is 0 Å². The Bertz CT molecular complexity index is 2200. The molecule has 4 bridgehead atoms. The summed E-state index contributed by atoms with van der Waals surface area (Å²) >= 11 is 0. The summed E-state index contributed by atoms with van der Waals surface area (Å²) in [6, 6.07) is 34.0. The van der Waals surface area contributed by atoms with E-state index in [4.69, 9.17) is 0 Å². The summed E-state index contributed by atoms with van der Waals surface area (Å²) in [7, 11) is 0. The van der Waals surface area contributed by atoms with Crippen LogP contribution in [0.15, 0.2) is 115 Å². The van der Waals surface area contributed by atoms with Gasteiger partial charge < -0.3 is 20.4 Å². The van der Waals surface area contributed by atoms with Crippen LogP contribution in [0.3, 0.4) is 0 Å². The van der Waals surface area contributed by atoms with Crippen molar-refractivity contribution in [1.29, 1.82) is 0 Å². The molecule has 0 spiro atoms. The molecule has 6 aliphatic carbocycles. The van der Waals surface area contributed by atoms with Gasteiger partial charge in [-0.15, -0.1) is 0 Å². The molecule has 4 aromatic rings. The van der Waals surface area contributed by atoms with Gasteiger partial charge in [-0.05, 0) is 141 Å². The second kappa shape index (κ2) is 17.1. The third kappa shape index (κ3) is 8.14. The van der Waals surface area contributed by atoms with Crippen LogP contribution in [0.25, 0.3) is 11.1 Å². The van der Waals surface area contributed by atoms with Gasteiger partial charge in [0.1, 0.15) is 0 Å². The molecule has 4 saturated carbocycles. The van der Waals surface area contributed by atoms with Gasteiger partial charge in [-0.3, -0.25) is 4.79 Å². The van der Waals surface area contributed by atoms with E-state index in [1.807, 2.05) is 90.7 Å². The van der Waals surface area contributed by atoms with Crippen LogP contribution in [0.2, 0.25) is 0 Å². The van der Waals surface area contributed by atoms with Crippen molar-refractivity contribution in [3.63, 3.8) is 0 Å². The van der Waals surface area contributed by atoms with E-state index < -0.39 is 17.1 Å². The molecule has 60 heavy (non-hydrogen) atoms. The average Bonchev–Trinajstić information content (AvgIpc) is 3.51. The first kappa shape index (κ1) is 42.2. The van der Waals surface area contributed by atoms with Gasteiger partial charge in [0.15, 0.2) is 5.78 Å². The fourth-order valence-electron chi connectivity index (χ4n) is 12.0. The molecular formula is C54H66N2O4. The van der Waals surface area contributed by atoms with Crippen LogP contribution in [-0.4, -0.2) is 51.7 Å². The third-order valence-electron chi connectivity index (χ3n) is 16.0. The van der Waals surface area contributed by atoms with Gasteiger partial charge in [0.05, 0.1) is 24.3 Å². The number of carbonyl (C=O) groups excluding carboxylic acids is 2. The molecule has 8 unspecified atom stereocenters. The van der Waals surface area contributed by atoms with Gasteiger partial charge in [-0.25, -0.2) is 4.79 Å². The number of nitrogens with one attached hydrogen (secondary N) is 1. The van der Waals surface area contributed by atoms with Gasteiger partial charge in [-0.1, -0.05) is 129 Å². The molecule has 6 heteroatoms. The maximum Gasteiger partial charge on any atom is 0.317 e. The summed E-state index contributed by atoms with van der Waals surface area (Å²) in [5.74, 6) is 1.51. The van der Waals surface area contributed by atoms with Crippen molar-refractivity contribution in [2.75, 3.05) is 13.1 Å². The Morgan fingerprint density at radius 2 is 1.57 bits per heavy atom. The minimum Gasteiger partial charge on any atom is -0.393 e. The molecule has 6 nitrogen and oxygen atoms in total. The normalized spacial score (nSPS) is 29.0. The highest BCUT2D eigenvalue weighted by Crippen LogP contribution is 2.62. The number of ketones is 1. The first-order valence-corrected chi connectivity index (χ1v) is 22.8. The molecule has 0 saturated heterocycles. The summed E-state index contributed by atoms with van der Waals surface area (Å²) < 4.78 is 0. The van der Waals surface area contributed by atoms with Crippen LogP contribution in [0, 0.1) is 28.6 Å². The van der Waals surface area contributed by atoms with Crippen molar-refractivity contribution in [3.05, 3.63) is 143 Å². The molecule has 0 aliphatic heterocycles. The highest BCUT2D eigenvalue weighted by molar-refractivity contribution is 6.13. The average molecular weight is 807 g/mol. The van der Waals surface area contributed by atoms with Gasteiger partial charge in [0, 0.05) is 23.1 Å². The minimum absolute atomic E-state index is 0.0453. The standard InChI is InChI=1S/C54H66N2O4/c1-36-15-14-29-53(5)48(45-27-23-38(31-43(57)26-22-36)32-47(45)50(58)46-21-13-12-20-44(46)40-18-10-7-11-19-40)28-30-54(53,60)35-56(34-41-24-25-42-33-49(41)52(42,3)4)51(59)55-37(2)39-16-8-6-9-17-39/h6-13,15-21,23,27,32,37,41-43,48-49,57,60H,14,22,24-26,28-31,33-35H2,1-5H3,(H,55,59). The molecule has 4 fully saturated rings. The lowest BCUT2D eigenvalue weighted by Gasteiger charge is -2.60. The second-order valence-electron chi connectivity index (χ2n) is 19.8. The zero-order chi connectivity index (χ0) is 42.2. The summed E-state index contributed by atoms with van der Waals surface area (Å²) in [4.78, 5) is 31.8. The van der Waals surface area contributed by atoms with Crippen LogP contribution in [0.1, 0.15) is 137 Å². The van der Waals surface area contributed by atoms with E-state index in [1.165, 1.54) is 18.4 Å². The van der Waals surface area contributed by atoms with Crippen molar-refractivity contribution < 1.29 is 19.8 Å². The molecule has 3 N–H and O–H groups in total. The van der Waals surface area contributed by atoms with E-state index >= 15 is 4.79 Å². The lowest BCUT2D eigenvalue weighted by atomic mass is 9.45. The van der Waals surface area contributed by atoms with E-state index in [0.29, 0.717) is 61.6 Å². The van der Waals surface area contributed by atoms with E-state index in [2.05, 4.69) is 63.4 Å². The largest absolute Gasteiger partial charge is 0.393 e. The summed E-state index contributed by atoms with van der Waals surface area (Å²) in [5.41, 5.74) is 5.70. The molecular weight excluding hydrogens is 741 g/mol. The maximum absolute atomic E-state index is 15.2. The molecule has 0 radical (unpaired) electrons. The van der Waals surface area contributed by atoms with E-state index in [-0.39, 0.29) is 35.7 Å². The van der Waals surface area contributed by atoms with E-state index in [0.717, 1.165) is 53.0 Å². The molecule has 4 aromatic carbocycles. The van der Waals surface area contributed by atoms with Gasteiger partial charge in [0.25, 0.3) is 0 Å². The highest BCUT2D eigenvalue weighted by atomic mass is 16.3. The third-order valence-corrected chi connectivity index (χ3v) is 16.0. The van der Waals surface area contributed by atoms with Crippen LogP contribution in [0.4, 0.5) is 4.79 Å². The van der Waals surface area contributed by atoms with Crippen LogP contribution in [0.5, 0.6) is 0 Å². The monoisotopic (exact) mass is 807 g/mol. The summed E-state index contributed by atoms with van der Waals surface area (Å²) in [5, 5.41) is 28.0. The molecule has 0 heterocycles. The first-order chi connectivity index (χ1) is 28.8. The number of benzene rings is 4. The number of rotatable bonds is 9. The van der Waals surface area contributed by atoms with Gasteiger partial charge in [0.2, 0.25) is 0 Å².